The van der Waals surface area contributed by atoms with Crippen molar-refractivity contribution in [1.82, 2.24) is 15.1 Å². The Kier molecular flexibility index (Phi) is 1.89. The van der Waals surface area contributed by atoms with Crippen LogP contribution in [0.25, 0.3) is 0 Å². The second kappa shape index (κ2) is 2.90. The second-order valence-corrected chi connectivity index (χ2v) is 3.52. The average molecular weight is 165 g/mol. The van der Waals surface area contributed by atoms with Gasteiger partial charge in [-0.15, -0.1) is 0 Å². The van der Waals surface area contributed by atoms with Crippen LogP contribution in [-0.4, -0.2) is 22.9 Å². The van der Waals surface area contributed by atoms with Crippen molar-refractivity contribution in [2.24, 2.45) is 0 Å². The molecule has 2 heterocycles. The summed E-state index contributed by atoms with van der Waals surface area (Å²) in [5.74, 6) is 0. The van der Waals surface area contributed by atoms with Gasteiger partial charge in [-0.3, -0.25) is 4.68 Å². The zero-order valence-corrected chi connectivity index (χ0v) is 7.67. The second-order valence-electron chi connectivity index (χ2n) is 3.52. The molecule has 1 aromatic rings. The molecular weight excluding hydrogens is 150 g/mol. The van der Waals surface area contributed by atoms with Gasteiger partial charge in [0.25, 0.3) is 0 Å². The van der Waals surface area contributed by atoms with Crippen LogP contribution in [0.15, 0.2) is 6.07 Å². The van der Waals surface area contributed by atoms with E-state index < -0.39 is 0 Å². The molecule has 1 fully saturated rings. The summed E-state index contributed by atoms with van der Waals surface area (Å²) in [6.07, 6.45) is 1.21. The van der Waals surface area contributed by atoms with E-state index >= 15 is 0 Å². The summed E-state index contributed by atoms with van der Waals surface area (Å²) < 4.78 is 2.15. The Labute approximate surface area is 72.8 Å². The van der Waals surface area contributed by atoms with Crippen molar-refractivity contribution in [3.63, 3.8) is 0 Å². The van der Waals surface area contributed by atoms with E-state index in [2.05, 4.69) is 28.1 Å². The fourth-order valence-electron chi connectivity index (χ4n) is 1.86. The van der Waals surface area contributed by atoms with Gasteiger partial charge in [0, 0.05) is 12.2 Å². The number of hydrogen-bond donors (Lipinski definition) is 1. The molecule has 0 aliphatic carbocycles. The highest BCUT2D eigenvalue weighted by atomic mass is 15.3. The summed E-state index contributed by atoms with van der Waals surface area (Å²) >= 11 is 0. The summed E-state index contributed by atoms with van der Waals surface area (Å²) in [6.45, 7) is 6.37. The molecule has 1 unspecified atom stereocenters. The van der Waals surface area contributed by atoms with Crippen LogP contribution in [0, 0.1) is 13.8 Å². The summed E-state index contributed by atoms with van der Waals surface area (Å²) in [6, 6.07) is 2.72. The van der Waals surface area contributed by atoms with E-state index in [0.717, 1.165) is 18.8 Å². The molecule has 3 nitrogen and oxygen atoms in total. The Morgan fingerprint density at radius 2 is 2.42 bits per heavy atom. The van der Waals surface area contributed by atoms with Crippen LogP contribution in [0.3, 0.4) is 0 Å². The van der Waals surface area contributed by atoms with E-state index in [-0.39, 0.29) is 0 Å². The zero-order valence-electron chi connectivity index (χ0n) is 7.67. The summed E-state index contributed by atoms with van der Waals surface area (Å²) in [7, 11) is 0. The van der Waals surface area contributed by atoms with Gasteiger partial charge in [0.15, 0.2) is 0 Å². The van der Waals surface area contributed by atoms with Gasteiger partial charge in [-0.05, 0) is 32.9 Å². The molecule has 0 saturated carbocycles. The maximum Gasteiger partial charge on any atom is 0.0658 e. The van der Waals surface area contributed by atoms with Gasteiger partial charge >= 0.3 is 0 Å². The fraction of sp³-hybridized carbons (Fsp3) is 0.667. The highest BCUT2D eigenvalue weighted by molar-refractivity contribution is 5.08. The third-order valence-corrected chi connectivity index (χ3v) is 2.42. The maximum absolute atomic E-state index is 4.47. The third kappa shape index (κ3) is 1.25. The molecule has 1 aromatic heterocycles. The first kappa shape index (κ1) is 7.80. The highest BCUT2D eigenvalue weighted by Gasteiger charge is 2.18. The van der Waals surface area contributed by atoms with Crippen molar-refractivity contribution in [2.45, 2.75) is 26.3 Å². The molecule has 1 aliphatic heterocycles. The molecule has 12 heavy (non-hydrogen) atoms. The number of nitrogens with zero attached hydrogens (tertiary/aromatic N) is 2. The molecule has 1 saturated heterocycles. The monoisotopic (exact) mass is 165 g/mol. The Balaban J connectivity index is 2.25. The van der Waals surface area contributed by atoms with Gasteiger partial charge in [-0.2, -0.15) is 5.10 Å². The van der Waals surface area contributed by atoms with Gasteiger partial charge < -0.3 is 5.32 Å². The molecule has 1 N–H and O–H groups in total. The number of aryl methyl sites for hydroxylation is 2. The van der Waals surface area contributed by atoms with Crippen molar-refractivity contribution in [3.05, 3.63) is 17.5 Å². The first-order valence-corrected chi connectivity index (χ1v) is 4.51. The van der Waals surface area contributed by atoms with Crippen LogP contribution in [0.4, 0.5) is 0 Å². The molecule has 1 aliphatic rings. The van der Waals surface area contributed by atoms with E-state index in [1.807, 2.05) is 6.92 Å². The number of hydrogen-bond acceptors (Lipinski definition) is 2. The quantitative estimate of drug-likeness (QED) is 0.673. The van der Waals surface area contributed by atoms with Crippen LogP contribution in [-0.2, 0) is 0 Å². The van der Waals surface area contributed by atoms with E-state index in [9.17, 15) is 0 Å². The summed E-state index contributed by atoms with van der Waals surface area (Å²) in [5, 5.41) is 7.82. The molecule has 3 heteroatoms. The lowest BCUT2D eigenvalue weighted by Gasteiger charge is -2.10. The van der Waals surface area contributed by atoms with Crippen LogP contribution < -0.4 is 5.32 Å². The predicted molar refractivity (Wildman–Crippen MR) is 48.2 cm³/mol. The highest BCUT2D eigenvalue weighted by Crippen LogP contribution is 2.16. The van der Waals surface area contributed by atoms with Crippen LogP contribution >= 0.6 is 0 Å². The van der Waals surface area contributed by atoms with E-state index in [1.165, 1.54) is 12.1 Å². The lowest BCUT2D eigenvalue weighted by atomic mass is 10.2. The predicted octanol–water partition coefficient (Wildman–Crippen LogP) is 1.03. The Bertz CT molecular complexity index is 271. The lowest BCUT2D eigenvalue weighted by Crippen LogP contribution is -2.15. The molecule has 0 amide bonds. The SMILES string of the molecule is Cc1cc(C)n(C2CCNC2)n1. The van der Waals surface area contributed by atoms with E-state index in [0.29, 0.717) is 6.04 Å². The maximum atomic E-state index is 4.47. The smallest absolute Gasteiger partial charge is 0.0658 e. The molecule has 66 valence electrons. The van der Waals surface area contributed by atoms with E-state index in [4.69, 9.17) is 0 Å². The van der Waals surface area contributed by atoms with Crippen molar-refractivity contribution in [2.75, 3.05) is 13.1 Å². The molecule has 0 aromatic carbocycles. The van der Waals surface area contributed by atoms with Crippen molar-refractivity contribution >= 4 is 0 Å². The van der Waals surface area contributed by atoms with Crippen LogP contribution in [0.2, 0.25) is 0 Å². The minimum absolute atomic E-state index is 0.582. The Morgan fingerprint density at radius 1 is 1.58 bits per heavy atom. The van der Waals surface area contributed by atoms with Gasteiger partial charge in [-0.1, -0.05) is 0 Å². The molecular formula is C9H15N3. The molecule has 1 atom stereocenters. The van der Waals surface area contributed by atoms with Gasteiger partial charge in [-0.25, -0.2) is 0 Å². The van der Waals surface area contributed by atoms with Crippen LogP contribution in [0.5, 0.6) is 0 Å². The summed E-state index contributed by atoms with van der Waals surface area (Å²) in [4.78, 5) is 0. The molecule has 2 rings (SSSR count). The minimum Gasteiger partial charge on any atom is -0.315 e. The normalized spacial score (nSPS) is 23.3. The Morgan fingerprint density at radius 3 is 2.92 bits per heavy atom. The molecule has 0 bridgehead atoms. The Hall–Kier alpha value is -0.830. The standard InChI is InChI=1S/C9H15N3/c1-7-5-8(2)12(11-7)9-3-4-10-6-9/h5,9-10H,3-4,6H2,1-2H3. The lowest BCUT2D eigenvalue weighted by molar-refractivity contribution is 0.477. The fourth-order valence-corrected chi connectivity index (χ4v) is 1.86. The van der Waals surface area contributed by atoms with Crippen molar-refractivity contribution < 1.29 is 0 Å². The first-order valence-electron chi connectivity index (χ1n) is 4.51. The van der Waals surface area contributed by atoms with Gasteiger partial charge in [0.05, 0.1) is 11.7 Å². The number of rotatable bonds is 1. The summed E-state index contributed by atoms with van der Waals surface area (Å²) in [5.41, 5.74) is 2.40. The third-order valence-electron chi connectivity index (χ3n) is 2.42. The average Bonchev–Trinajstić information content (AvgIpc) is 2.58. The molecule has 0 spiro atoms. The topological polar surface area (TPSA) is 29.9 Å². The number of nitrogens with one attached hydrogen (secondary N) is 1. The van der Waals surface area contributed by atoms with E-state index in [1.54, 1.807) is 0 Å². The largest absolute Gasteiger partial charge is 0.315 e. The van der Waals surface area contributed by atoms with Gasteiger partial charge in [0.2, 0.25) is 0 Å². The van der Waals surface area contributed by atoms with Crippen molar-refractivity contribution in [3.8, 4) is 0 Å². The minimum atomic E-state index is 0.582. The molecule has 0 radical (unpaired) electrons. The zero-order chi connectivity index (χ0) is 8.55. The first-order chi connectivity index (χ1) is 5.77. The van der Waals surface area contributed by atoms with Crippen molar-refractivity contribution in [1.29, 1.82) is 0 Å². The van der Waals surface area contributed by atoms with Crippen LogP contribution in [0.1, 0.15) is 23.9 Å². The number of aromatic nitrogens is 2. The van der Waals surface area contributed by atoms with Gasteiger partial charge in [0.1, 0.15) is 0 Å².